The molecule has 0 bridgehead atoms. The Morgan fingerprint density at radius 2 is 1.76 bits per heavy atom. The van der Waals surface area contributed by atoms with E-state index in [0.29, 0.717) is 23.6 Å². The van der Waals surface area contributed by atoms with Gasteiger partial charge in [-0.3, -0.25) is 4.79 Å². The van der Waals surface area contributed by atoms with Gasteiger partial charge in [0.1, 0.15) is 22.8 Å². The Labute approximate surface area is 147 Å². The minimum absolute atomic E-state index is 0.341. The van der Waals surface area contributed by atoms with Gasteiger partial charge in [0.15, 0.2) is 6.10 Å². The molecule has 1 aromatic carbocycles. The van der Waals surface area contributed by atoms with Gasteiger partial charge in [0.2, 0.25) is 0 Å². The van der Waals surface area contributed by atoms with Gasteiger partial charge < -0.3 is 19.2 Å². The first-order valence-corrected chi connectivity index (χ1v) is 8.01. The van der Waals surface area contributed by atoms with Crippen LogP contribution in [0, 0.1) is 20.8 Å². The number of furan rings is 1. The van der Waals surface area contributed by atoms with Gasteiger partial charge in [0.05, 0.1) is 7.11 Å². The highest BCUT2D eigenvalue weighted by Gasteiger charge is 2.24. The van der Waals surface area contributed by atoms with E-state index < -0.39 is 12.1 Å². The second-order valence-corrected chi connectivity index (χ2v) is 5.83. The summed E-state index contributed by atoms with van der Waals surface area (Å²) in [5, 5.41) is 2.75. The predicted molar refractivity (Wildman–Crippen MR) is 92.6 cm³/mol. The molecule has 1 amide bonds. The normalized spacial score (nSPS) is 11.7. The number of ether oxygens (including phenoxy) is 2. The van der Waals surface area contributed by atoms with Crippen molar-refractivity contribution < 1.29 is 23.5 Å². The highest BCUT2D eigenvalue weighted by Crippen LogP contribution is 2.22. The number of hydrogen-bond acceptors (Lipinski definition) is 5. The summed E-state index contributed by atoms with van der Waals surface area (Å²) in [5.41, 5.74) is 2.03. The van der Waals surface area contributed by atoms with Crippen LogP contribution in [-0.4, -0.2) is 25.1 Å². The number of rotatable bonds is 6. The third-order valence-electron chi connectivity index (χ3n) is 4.04. The van der Waals surface area contributed by atoms with E-state index in [2.05, 4.69) is 5.32 Å². The fourth-order valence-electron chi connectivity index (χ4n) is 2.44. The summed E-state index contributed by atoms with van der Waals surface area (Å²) < 4.78 is 15.8. The Morgan fingerprint density at radius 3 is 2.28 bits per heavy atom. The molecule has 1 heterocycles. The third kappa shape index (κ3) is 4.41. The second kappa shape index (κ2) is 7.88. The maximum atomic E-state index is 12.3. The lowest BCUT2D eigenvalue weighted by Gasteiger charge is -2.14. The zero-order chi connectivity index (χ0) is 18.6. The van der Waals surface area contributed by atoms with Crippen LogP contribution < -0.4 is 10.1 Å². The van der Waals surface area contributed by atoms with E-state index in [1.54, 1.807) is 34.8 Å². The Bertz CT molecular complexity index is 761. The summed E-state index contributed by atoms with van der Waals surface area (Å²) in [5.74, 6) is 0.990. The van der Waals surface area contributed by atoms with Crippen molar-refractivity contribution in [3.8, 4) is 5.75 Å². The molecule has 2 aromatic rings. The van der Waals surface area contributed by atoms with Gasteiger partial charge in [-0.25, -0.2) is 4.79 Å². The van der Waals surface area contributed by atoms with Crippen molar-refractivity contribution in [2.45, 2.75) is 40.3 Å². The number of hydrogen-bond donors (Lipinski definition) is 1. The molecule has 0 aliphatic carbocycles. The molecule has 134 valence electrons. The van der Waals surface area contributed by atoms with Crippen LogP contribution in [-0.2, 0) is 16.1 Å². The average molecular weight is 345 g/mol. The van der Waals surface area contributed by atoms with Gasteiger partial charge in [-0.05, 0) is 45.4 Å². The summed E-state index contributed by atoms with van der Waals surface area (Å²) in [7, 11) is 1.59. The molecule has 0 aliphatic rings. The lowest BCUT2D eigenvalue weighted by molar-refractivity contribution is -0.129. The largest absolute Gasteiger partial charge is 0.497 e. The van der Waals surface area contributed by atoms with Gasteiger partial charge in [0, 0.05) is 12.1 Å². The van der Waals surface area contributed by atoms with Crippen LogP contribution in [0.25, 0.3) is 0 Å². The third-order valence-corrected chi connectivity index (χ3v) is 4.04. The molecule has 6 nitrogen and oxygen atoms in total. The van der Waals surface area contributed by atoms with E-state index in [0.717, 1.165) is 16.9 Å². The number of methoxy groups -OCH3 is 1. The van der Waals surface area contributed by atoms with Crippen LogP contribution in [0.2, 0.25) is 0 Å². The van der Waals surface area contributed by atoms with Crippen molar-refractivity contribution in [3.05, 3.63) is 52.5 Å². The van der Waals surface area contributed by atoms with Gasteiger partial charge in [-0.2, -0.15) is 0 Å². The molecule has 0 fully saturated rings. The zero-order valence-electron chi connectivity index (χ0n) is 15.1. The lowest BCUT2D eigenvalue weighted by atomic mass is 10.1. The molecule has 0 saturated carbocycles. The smallest absolute Gasteiger partial charge is 0.342 e. The maximum Gasteiger partial charge on any atom is 0.342 e. The maximum absolute atomic E-state index is 12.3. The monoisotopic (exact) mass is 345 g/mol. The van der Waals surface area contributed by atoms with E-state index in [1.807, 2.05) is 24.3 Å². The van der Waals surface area contributed by atoms with Gasteiger partial charge in [0.25, 0.3) is 5.91 Å². The SMILES string of the molecule is COc1ccc(CNC(=O)[C@H](C)OC(=O)c2c(C)oc(C)c2C)cc1. The molecule has 2 rings (SSSR count). The molecule has 0 aliphatic heterocycles. The van der Waals surface area contributed by atoms with Crippen molar-refractivity contribution in [1.82, 2.24) is 5.32 Å². The summed E-state index contributed by atoms with van der Waals surface area (Å²) in [6.45, 7) is 7.15. The standard InChI is InChI=1S/C19H23NO5/c1-11-12(2)24-13(3)17(11)19(22)25-14(4)18(21)20-10-15-6-8-16(23-5)9-7-15/h6-9,14H,10H2,1-5H3,(H,20,21)/t14-/m0/s1. The Morgan fingerprint density at radius 1 is 1.12 bits per heavy atom. The average Bonchev–Trinajstić information content (AvgIpc) is 2.85. The van der Waals surface area contributed by atoms with Crippen molar-refractivity contribution >= 4 is 11.9 Å². The van der Waals surface area contributed by atoms with Crippen molar-refractivity contribution in [3.63, 3.8) is 0 Å². The molecule has 25 heavy (non-hydrogen) atoms. The lowest BCUT2D eigenvalue weighted by Crippen LogP contribution is -2.35. The zero-order valence-corrected chi connectivity index (χ0v) is 15.1. The molecular weight excluding hydrogens is 322 g/mol. The van der Waals surface area contributed by atoms with Gasteiger partial charge in [-0.15, -0.1) is 0 Å². The highest BCUT2D eigenvalue weighted by molar-refractivity contribution is 5.94. The minimum Gasteiger partial charge on any atom is -0.497 e. The fourth-order valence-corrected chi connectivity index (χ4v) is 2.44. The first-order valence-electron chi connectivity index (χ1n) is 8.01. The predicted octanol–water partition coefficient (Wildman–Crippen LogP) is 3.08. The summed E-state index contributed by atoms with van der Waals surface area (Å²) in [6, 6.07) is 7.35. The number of nitrogens with one attached hydrogen (secondary N) is 1. The molecule has 1 atom stereocenters. The van der Waals surface area contributed by atoms with Crippen LogP contribution in [0.3, 0.4) is 0 Å². The van der Waals surface area contributed by atoms with Crippen LogP contribution in [0.1, 0.15) is 39.9 Å². The first-order chi connectivity index (χ1) is 11.8. The Hall–Kier alpha value is -2.76. The molecule has 6 heteroatoms. The topological polar surface area (TPSA) is 77.8 Å². The Balaban J connectivity index is 1.92. The van der Waals surface area contributed by atoms with Crippen LogP contribution in [0.5, 0.6) is 5.75 Å². The highest BCUT2D eigenvalue weighted by atomic mass is 16.5. The molecular formula is C19H23NO5. The number of carbonyl (C=O) groups excluding carboxylic acids is 2. The molecule has 1 aromatic heterocycles. The summed E-state index contributed by atoms with van der Waals surface area (Å²) in [6.07, 6.45) is -0.903. The first kappa shape index (κ1) is 18.6. The van der Waals surface area contributed by atoms with Crippen LogP contribution in [0.15, 0.2) is 28.7 Å². The van der Waals surface area contributed by atoms with E-state index in [1.165, 1.54) is 0 Å². The Kier molecular flexibility index (Phi) is 5.85. The number of aryl methyl sites for hydroxylation is 2. The molecule has 0 spiro atoms. The second-order valence-electron chi connectivity index (χ2n) is 5.83. The van der Waals surface area contributed by atoms with E-state index in [9.17, 15) is 9.59 Å². The molecule has 0 saturated heterocycles. The number of carbonyl (C=O) groups is 2. The minimum atomic E-state index is -0.903. The number of esters is 1. The summed E-state index contributed by atoms with van der Waals surface area (Å²) in [4.78, 5) is 24.4. The van der Waals surface area contributed by atoms with Crippen LogP contribution in [0.4, 0.5) is 0 Å². The molecule has 0 unspecified atom stereocenters. The van der Waals surface area contributed by atoms with Gasteiger partial charge >= 0.3 is 5.97 Å². The van der Waals surface area contributed by atoms with E-state index in [-0.39, 0.29) is 5.91 Å². The van der Waals surface area contributed by atoms with Crippen LogP contribution >= 0.6 is 0 Å². The summed E-state index contributed by atoms with van der Waals surface area (Å²) >= 11 is 0. The number of benzene rings is 1. The van der Waals surface area contributed by atoms with E-state index >= 15 is 0 Å². The van der Waals surface area contributed by atoms with Crippen molar-refractivity contribution in [2.24, 2.45) is 0 Å². The fraction of sp³-hybridized carbons (Fsp3) is 0.368. The van der Waals surface area contributed by atoms with Crippen molar-refractivity contribution in [1.29, 1.82) is 0 Å². The van der Waals surface area contributed by atoms with Crippen molar-refractivity contribution in [2.75, 3.05) is 7.11 Å². The van der Waals surface area contributed by atoms with Gasteiger partial charge in [-0.1, -0.05) is 12.1 Å². The number of amides is 1. The molecule has 0 radical (unpaired) electrons. The molecule has 1 N–H and O–H groups in total. The van der Waals surface area contributed by atoms with E-state index in [4.69, 9.17) is 13.9 Å². The quantitative estimate of drug-likeness (QED) is 0.814.